The van der Waals surface area contributed by atoms with Gasteiger partial charge in [-0.1, -0.05) is 18.2 Å². The van der Waals surface area contributed by atoms with E-state index in [4.69, 9.17) is 5.11 Å². The van der Waals surface area contributed by atoms with Crippen molar-refractivity contribution >= 4 is 6.21 Å². The third kappa shape index (κ3) is 5.25. The van der Waals surface area contributed by atoms with Crippen molar-refractivity contribution in [1.29, 1.82) is 0 Å². The molecule has 0 unspecified atom stereocenters. The molecule has 0 radical (unpaired) electrons. The summed E-state index contributed by atoms with van der Waals surface area (Å²) in [7, 11) is 0. The predicted octanol–water partition coefficient (Wildman–Crippen LogP) is 1.18. The average Bonchev–Trinajstić information content (AvgIpc) is 1.98. The smallest absolute Gasteiger partial charge is 0.0626 e. The fourth-order valence-electron chi connectivity index (χ4n) is 0.371. The molecule has 0 aromatic rings. The summed E-state index contributed by atoms with van der Waals surface area (Å²) in [6, 6.07) is 0. The summed E-state index contributed by atoms with van der Waals surface area (Å²) in [6.45, 7) is 6.10. The zero-order valence-corrected chi connectivity index (χ0v) is 6.25. The molecular weight excluding hydrogens is 126 g/mol. The molecule has 0 heterocycles. The summed E-state index contributed by atoms with van der Waals surface area (Å²) >= 11 is 0. The van der Waals surface area contributed by atoms with Gasteiger partial charge in [0.2, 0.25) is 0 Å². The zero-order valence-electron chi connectivity index (χ0n) is 6.25. The van der Waals surface area contributed by atoms with Gasteiger partial charge in [-0.25, -0.2) is 0 Å². The van der Waals surface area contributed by atoms with E-state index in [0.29, 0.717) is 6.54 Å². The van der Waals surface area contributed by atoms with E-state index in [9.17, 15) is 0 Å². The molecule has 10 heavy (non-hydrogen) atoms. The molecule has 0 rings (SSSR count). The molecule has 0 saturated heterocycles. The van der Waals surface area contributed by atoms with Gasteiger partial charge in [0.25, 0.3) is 0 Å². The van der Waals surface area contributed by atoms with Crippen LogP contribution < -0.4 is 0 Å². The van der Waals surface area contributed by atoms with Crippen molar-refractivity contribution < 1.29 is 5.11 Å². The molecule has 0 amide bonds. The van der Waals surface area contributed by atoms with E-state index >= 15 is 0 Å². The normalized spacial score (nSPS) is 12.4. The Morgan fingerprint density at radius 1 is 1.70 bits per heavy atom. The third-order valence-electron chi connectivity index (χ3n) is 0.994. The quantitative estimate of drug-likeness (QED) is 0.460. The Kier molecular flexibility index (Phi) is 5.68. The second-order valence-electron chi connectivity index (χ2n) is 1.89. The summed E-state index contributed by atoms with van der Waals surface area (Å²) in [4.78, 5) is 3.88. The van der Waals surface area contributed by atoms with Gasteiger partial charge in [0.05, 0.1) is 13.2 Å². The van der Waals surface area contributed by atoms with Crippen LogP contribution in [-0.2, 0) is 0 Å². The van der Waals surface area contributed by atoms with Gasteiger partial charge in [-0.05, 0) is 13.0 Å². The molecule has 0 fully saturated rings. The maximum Gasteiger partial charge on any atom is 0.0626 e. The van der Waals surface area contributed by atoms with Crippen molar-refractivity contribution in [3.63, 3.8) is 0 Å². The molecule has 0 saturated carbocycles. The minimum Gasteiger partial charge on any atom is -0.394 e. The van der Waals surface area contributed by atoms with Gasteiger partial charge in [-0.15, -0.1) is 0 Å². The van der Waals surface area contributed by atoms with Crippen LogP contribution in [0.2, 0.25) is 0 Å². The van der Waals surface area contributed by atoms with Crippen LogP contribution in [0.15, 0.2) is 29.3 Å². The molecule has 56 valence electrons. The highest BCUT2D eigenvalue weighted by Crippen LogP contribution is 1.88. The van der Waals surface area contributed by atoms with Gasteiger partial charge in [-0.2, -0.15) is 0 Å². The van der Waals surface area contributed by atoms with Gasteiger partial charge in [0.15, 0.2) is 0 Å². The van der Waals surface area contributed by atoms with E-state index in [-0.39, 0.29) is 6.61 Å². The monoisotopic (exact) mass is 139 g/mol. The maximum absolute atomic E-state index is 8.33. The summed E-state index contributed by atoms with van der Waals surface area (Å²) in [6.07, 6.45) is 5.28. The van der Waals surface area contributed by atoms with E-state index in [1.165, 1.54) is 0 Å². The molecule has 0 aliphatic carbocycles. The van der Waals surface area contributed by atoms with Crippen molar-refractivity contribution in [3.05, 3.63) is 24.3 Å². The molecule has 1 N–H and O–H groups in total. The summed E-state index contributed by atoms with van der Waals surface area (Å²) in [5, 5.41) is 8.33. The highest BCUT2D eigenvalue weighted by molar-refractivity contribution is 5.72. The second-order valence-corrected chi connectivity index (χ2v) is 1.89. The van der Waals surface area contributed by atoms with Crippen LogP contribution in [-0.4, -0.2) is 24.5 Å². The lowest BCUT2D eigenvalue weighted by molar-refractivity contribution is 0.307. The molecule has 0 spiro atoms. The standard InChI is InChI=1S/C8H13NO/c1-3-8(2)4-5-9-6-7-10/h3-5,10H,1,6-7H2,2H3/b8-4-,9-5?. The third-order valence-corrected chi connectivity index (χ3v) is 0.994. The lowest BCUT2D eigenvalue weighted by atomic mass is 10.3. The molecular formula is C8H13NO. The van der Waals surface area contributed by atoms with E-state index in [0.717, 1.165) is 5.57 Å². The van der Waals surface area contributed by atoms with E-state index in [2.05, 4.69) is 11.6 Å². The van der Waals surface area contributed by atoms with Gasteiger partial charge in [0, 0.05) is 6.21 Å². The Bertz CT molecular complexity index is 147. The first-order chi connectivity index (χ1) is 4.81. The largest absolute Gasteiger partial charge is 0.394 e. The summed E-state index contributed by atoms with van der Waals surface area (Å²) in [5.41, 5.74) is 1.07. The molecule has 0 aromatic heterocycles. The minimum absolute atomic E-state index is 0.109. The molecule has 0 aliphatic heterocycles. The van der Waals surface area contributed by atoms with Crippen LogP contribution in [0.3, 0.4) is 0 Å². The molecule has 0 aliphatic rings. The summed E-state index contributed by atoms with van der Waals surface area (Å²) in [5.74, 6) is 0. The van der Waals surface area contributed by atoms with E-state index in [1.807, 2.05) is 13.0 Å². The molecule has 0 bridgehead atoms. The van der Waals surface area contributed by atoms with Crippen LogP contribution in [0, 0.1) is 0 Å². The Morgan fingerprint density at radius 3 is 2.90 bits per heavy atom. The maximum atomic E-state index is 8.33. The lowest BCUT2D eigenvalue weighted by Crippen LogP contribution is -1.86. The number of nitrogens with zero attached hydrogens (tertiary/aromatic N) is 1. The Labute approximate surface area is 61.6 Å². The second kappa shape index (κ2) is 6.23. The zero-order chi connectivity index (χ0) is 7.82. The summed E-state index contributed by atoms with van der Waals surface area (Å²) < 4.78 is 0. The molecule has 2 heteroatoms. The van der Waals surface area contributed by atoms with Crippen molar-refractivity contribution in [2.45, 2.75) is 6.92 Å². The molecule has 0 atom stereocenters. The van der Waals surface area contributed by atoms with Gasteiger partial charge in [-0.3, -0.25) is 4.99 Å². The van der Waals surface area contributed by atoms with Crippen molar-refractivity contribution in [1.82, 2.24) is 0 Å². The minimum atomic E-state index is 0.109. The van der Waals surface area contributed by atoms with Gasteiger partial charge < -0.3 is 5.11 Å². The lowest BCUT2D eigenvalue weighted by Gasteiger charge is -1.84. The first-order valence-corrected chi connectivity index (χ1v) is 3.21. The van der Waals surface area contributed by atoms with Crippen molar-refractivity contribution in [2.75, 3.05) is 13.2 Å². The van der Waals surface area contributed by atoms with E-state index in [1.54, 1.807) is 12.3 Å². The van der Waals surface area contributed by atoms with Crippen LogP contribution in [0.1, 0.15) is 6.92 Å². The average molecular weight is 139 g/mol. The van der Waals surface area contributed by atoms with Crippen LogP contribution in [0.5, 0.6) is 0 Å². The van der Waals surface area contributed by atoms with Crippen LogP contribution in [0.25, 0.3) is 0 Å². The number of aliphatic hydroxyl groups excluding tert-OH is 1. The number of aliphatic hydroxyl groups is 1. The van der Waals surface area contributed by atoms with Crippen molar-refractivity contribution in [3.8, 4) is 0 Å². The SMILES string of the molecule is C=C/C(C)=C\C=NCCO. The Balaban J connectivity index is 3.59. The van der Waals surface area contributed by atoms with Crippen molar-refractivity contribution in [2.24, 2.45) is 4.99 Å². The number of rotatable bonds is 4. The highest BCUT2D eigenvalue weighted by Gasteiger charge is 1.74. The fourth-order valence-corrected chi connectivity index (χ4v) is 0.371. The number of hydrogen-bond acceptors (Lipinski definition) is 2. The van der Waals surface area contributed by atoms with Gasteiger partial charge in [0.1, 0.15) is 0 Å². The van der Waals surface area contributed by atoms with Crippen LogP contribution >= 0.6 is 0 Å². The number of aliphatic imine (C=N–C) groups is 1. The first-order valence-electron chi connectivity index (χ1n) is 3.21. The molecule has 0 aromatic carbocycles. The molecule has 2 nitrogen and oxygen atoms in total. The Hall–Kier alpha value is -0.890. The fraction of sp³-hybridized carbons (Fsp3) is 0.375. The highest BCUT2D eigenvalue weighted by atomic mass is 16.3. The number of hydrogen-bond donors (Lipinski definition) is 1. The Morgan fingerprint density at radius 2 is 2.40 bits per heavy atom. The van der Waals surface area contributed by atoms with Gasteiger partial charge >= 0.3 is 0 Å². The van der Waals surface area contributed by atoms with E-state index < -0.39 is 0 Å². The van der Waals surface area contributed by atoms with Crippen LogP contribution in [0.4, 0.5) is 0 Å². The topological polar surface area (TPSA) is 32.6 Å². The number of allylic oxidation sites excluding steroid dienone is 3. The predicted molar refractivity (Wildman–Crippen MR) is 44.4 cm³/mol. The first kappa shape index (κ1) is 9.11.